The molecule has 0 bridgehead atoms. The van der Waals surface area contributed by atoms with Crippen LogP contribution in [0.2, 0.25) is 0 Å². The molecule has 1 aliphatic rings. The summed E-state index contributed by atoms with van der Waals surface area (Å²) in [7, 11) is 1.38. The molecule has 6 heteroatoms. The molecule has 23 heavy (non-hydrogen) atoms. The number of fused-ring (bicyclic) bond motifs is 3. The summed E-state index contributed by atoms with van der Waals surface area (Å²) in [4.78, 5) is 11.6. The van der Waals surface area contributed by atoms with E-state index in [4.69, 9.17) is 4.74 Å². The Morgan fingerprint density at radius 1 is 1.13 bits per heavy atom. The first kappa shape index (κ1) is 13.6. The van der Waals surface area contributed by atoms with Gasteiger partial charge in [0.15, 0.2) is 0 Å². The molecule has 0 aliphatic carbocycles. The number of nitrogens with zero attached hydrogens (tertiary/aromatic N) is 2. The molecule has 1 aliphatic heterocycles. The molecular formula is C17H14BN3O2. The topological polar surface area (TPSA) is 56.1 Å². The second kappa shape index (κ2) is 5.32. The lowest BCUT2D eigenvalue weighted by molar-refractivity contribution is 0.0601. The average Bonchev–Trinajstić information content (AvgIpc) is 3.10. The number of benzene rings is 2. The number of hydrogen-bond acceptors (Lipinski definition) is 4. The fourth-order valence-electron chi connectivity index (χ4n) is 2.92. The third kappa shape index (κ3) is 2.19. The van der Waals surface area contributed by atoms with Crippen molar-refractivity contribution in [1.29, 1.82) is 0 Å². The van der Waals surface area contributed by atoms with Crippen LogP contribution in [-0.4, -0.2) is 29.8 Å². The third-order valence-electron chi connectivity index (χ3n) is 4.06. The molecule has 0 fully saturated rings. The molecule has 0 radical (unpaired) electrons. The van der Waals surface area contributed by atoms with Crippen molar-refractivity contribution < 1.29 is 9.53 Å². The number of nitrogens with one attached hydrogen (secondary N) is 1. The van der Waals surface area contributed by atoms with Crippen LogP contribution in [0.1, 0.15) is 10.4 Å². The molecule has 5 nitrogen and oxygen atoms in total. The lowest BCUT2D eigenvalue weighted by Gasteiger charge is -2.26. The molecular weight excluding hydrogens is 289 g/mol. The van der Waals surface area contributed by atoms with Crippen LogP contribution in [0.25, 0.3) is 11.3 Å². The van der Waals surface area contributed by atoms with E-state index >= 15 is 0 Å². The Morgan fingerprint density at radius 3 is 2.70 bits per heavy atom. The Hall–Kier alpha value is -3.02. The van der Waals surface area contributed by atoms with Gasteiger partial charge in [0.2, 0.25) is 0 Å². The fourth-order valence-corrected chi connectivity index (χ4v) is 2.92. The Bertz CT molecular complexity index is 874. The summed E-state index contributed by atoms with van der Waals surface area (Å²) in [6, 6.07) is 17.5. The Labute approximate surface area is 134 Å². The van der Waals surface area contributed by atoms with Gasteiger partial charge in [0.25, 0.3) is 0 Å². The molecule has 2 aromatic carbocycles. The van der Waals surface area contributed by atoms with Gasteiger partial charge in [-0.3, -0.25) is 4.59 Å². The maximum Gasteiger partial charge on any atom is 0.430 e. The maximum absolute atomic E-state index is 11.6. The summed E-state index contributed by atoms with van der Waals surface area (Å²) in [5, 5.41) is 7.95. The van der Waals surface area contributed by atoms with Crippen LogP contribution in [-0.2, 0) is 4.74 Å². The van der Waals surface area contributed by atoms with Crippen molar-refractivity contribution in [2.45, 2.75) is 0 Å². The molecule has 0 spiro atoms. The van der Waals surface area contributed by atoms with E-state index < -0.39 is 0 Å². The van der Waals surface area contributed by atoms with Crippen molar-refractivity contribution >= 4 is 24.1 Å². The zero-order valence-electron chi connectivity index (χ0n) is 12.6. The first-order valence-corrected chi connectivity index (χ1v) is 7.35. The summed E-state index contributed by atoms with van der Waals surface area (Å²) < 4.78 is 6.69. The highest BCUT2D eigenvalue weighted by atomic mass is 16.5. The van der Waals surface area contributed by atoms with Gasteiger partial charge in [-0.2, -0.15) is 5.10 Å². The van der Waals surface area contributed by atoms with Gasteiger partial charge < -0.3 is 9.96 Å². The van der Waals surface area contributed by atoms with Gasteiger partial charge in [-0.1, -0.05) is 30.3 Å². The van der Waals surface area contributed by atoms with E-state index in [0.717, 1.165) is 22.4 Å². The zero-order valence-corrected chi connectivity index (χ0v) is 12.6. The number of methoxy groups -OCH3 is 1. The molecule has 0 saturated heterocycles. The molecule has 0 atom stereocenters. The normalized spacial score (nSPS) is 12.1. The Kier molecular flexibility index (Phi) is 3.15. The SMILES string of the molecule is COC(=O)c1ccc(B2Nc3ccccc3-c3ccnn32)cc1. The van der Waals surface area contributed by atoms with Crippen LogP contribution in [0.15, 0.2) is 60.8 Å². The first-order valence-electron chi connectivity index (χ1n) is 7.35. The van der Waals surface area contributed by atoms with E-state index in [1.54, 1.807) is 18.3 Å². The highest BCUT2D eigenvalue weighted by molar-refractivity contribution is 6.75. The van der Waals surface area contributed by atoms with Gasteiger partial charge in [0, 0.05) is 17.4 Å². The quantitative estimate of drug-likeness (QED) is 0.581. The van der Waals surface area contributed by atoms with Crippen LogP contribution >= 0.6 is 0 Å². The van der Waals surface area contributed by atoms with E-state index in [9.17, 15) is 4.79 Å². The molecule has 1 aromatic heterocycles. The number of esters is 1. The van der Waals surface area contributed by atoms with Gasteiger partial charge in [0.1, 0.15) is 0 Å². The van der Waals surface area contributed by atoms with Gasteiger partial charge in [0.05, 0.1) is 18.4 Å². The lowest BCUT2D eigenvalue weighted by atomic mass is 9.66. The smallest absolute Gasteiger partial charge is 0.430 e. The van der Waals surface area contributed by atoms with Crippen LogP contribution in [0.5, 0.6) is 0 Å². The first-order chi connectivity index (χ1) is 11.3. The van der Waals surface area contributed by atoms with Crippen molar-refractivity contribution in [3.05, 3.63) is 66.4 Å². The van der Waals surface area contributed by atoms with Crippen LogP contribution in [0.3, 0.4) is 0 Å². The minimum absolute atomic E-state index is 0.110. The molecule has 3 aromatic rings. The van der Waals surface area contributed by atoms with Crippen molar-refractivity contribution in [3.63, 3.8) is 0 Å². The summed E-state index contributed by atoms with van der Waals surface area (Å²) in [6.07, 6.45) is 1.80. The molecule has 0 unspecified atom stereocenters. The fraction of sp³-hybridized carbons (Fsp3) is 0.0588. The minimum Gasteiger partial charge on any atom is -0.465 e. The van der Waals surface area contributed by atoms with E-state index in [1.165, 1.54) is 7.11 Å². The molecule has 0 saturated carbocycles. The van der Waals surface area contributed by atoms with Crippen LogP contribution in [0.4, 0.5) is 5.69 Å². The van der Waals surface area contributed by atoms with Gasteiger partial charge in [-0.15, -0.1) is 0 Å². The molecule has 4 rings (SSSR count). The highest BCUT2D eigenvalue weighted by Crippen LogP contribution is 2.31. The van der Waals surface area contributed by atoms with Crippen molar-refractivity contribution in [2.24, 2.45) is 0 Å². The number of ether oxygens (including phenoxy) is 1. The number of carbonyl (C=O) groups excluding carboxylic acids is 1. The monoisotopic (exact) mass is 303 g/mol. The van der Waals surface area contributed by atoms with Crippen molar-refractivity contribution in [2.75, 3.05) is 12.3 Å². The summed E-state index contributed by atoms with van der Waals surface area (Å²) in [6.45, 7) is -0.110. The predicted molar refractivity (Wildman–Crippen MR) is 89.9 cm³/mol. The van der Waals surface area contributed by atoms with E-state index in [2.05, 4.69) is 22.5 Å². The standard InChI is InChI=1S/C17H14BN3O2/c1-23-17(22)12-6-8-13(9-7-12)18-20-15-5-3-2-4-14(15)16-10-11-19-21(16)18/h2-11,20H,1H3. The number of carbonyl (C=O) groups is 1. The number of para-hydroxylation sites is 1. The summed E-state index contributed by atoms with van der Waals surface area (Å²) >= 11 is 0. The largest absolute Gasteiger partial charge is 0.465 e. The van der Waals surface area contributed by atoms with Gasteiger partial charge in [-0.25, -0.2) is 4.79 Å². The summed E-state index contributed by atoms with van der Waals surface area (Å²) in [5.74, 6) is -0.335. The maximum atomic E-state index is 11.6. The second-order valence-electron chi connectivity index (χ2n) is 5.37. The molecule has 1 N–H and O–H groups in total. The number of hydrogen-bond donors (Lipinski definition) is 1. The second-order valence-corrected chi connectivity index (χ2v) is 5.37. The van der Waals surface area contributed by atoms with E-state index in [0.29, 0.717) is 5.56 Å². The Balaban J connectivity index is 1.75. The zero-order chi connectivity index (χ0) is 15.8. The van der Waals surface area contributed by atoms with Gasteiger partial charge in [-0.05, 0) is 29.7 Å². The van der Waals surface area contributed by atoms with E-state index in [1.807, 2.05) is 34.9 Å². The summed E-state index contributed by atoms with van der Waals surface area (Å²) in [5.41, 5.74) is 4.83. The van der Waals surface area contributed by atoms with Crippen molar-refractivity contribution in [3.8, 4) is 11.3 Å². The molecule has 112 valence electrons. The molecule has 2 heterocycles. The Morgan fingerprint density at radius 2 is 1.91 bits per heavy atom. The van der Waals surface area contributed by atoms with Crippen molar-refractivity contribution in [1.82, 2.24) is 9.69 Å². The number of rotatable bonds is 2. The third-order valence-corrected chi connectivity index (χ3v) is 4.06. The highest BCUT2D eigenvalue weighted by Gasteiger charge is 2.30. The number of aromatic nitrogens is 2. The average molecular weight is 303 g/mol. The minimum atomic E-state index is -0.335. The van der Waals surface area contributed by atoms with E-state index in [-0.39, 0.29) is 13.0 Å². The lowest BCUT2D eigenvalue weighted by Crippen LogP contribution is -2.48. The molecule has 0 amide bonds. The van der Waals surface area contributed by atoms with Crippen LogP contribution in [0, 0.1) is 0 Å². The predicted octanol–water partition coefficient (Wildman–Crippen LogP) is 2.01. The number of anilines is 1. The van der Waals surface area contributed by atoms with Gasteiger partial charge >= 0.3 is 13.0 Å². The van der Waals surface area contributed by atoms with Crippen LogP contribution < -0.4 is 10.7 Å².